The van der Waals surface area contributed by atoms with Crippen molar-refractivity contribution in [3.63, 3.8) is 0 Å². The maximum atomic E-state index is 3.89. The van der Waals surface area contributed by atoms with Crippen LogP contribution in [0.4, 0.5) is 0 Å². The van der Waals surface area contributed by atoms with Gasteiger partial charge in [-0.1, -0.05) is 0 Å². The summed E-state index contributed by atoms with van der Waals surface area (Å²) in [6, 6.07) is 0.458. The first-order valence-electron chi connectivity index (χ1n) is 2.77. The molecule has 0 amide bonds. The van der Waals surface area contributed by atoms with Crippen LogP contribution in [-0.4, -0.2) is 38.3 Å². The summed E-state index contributed by atoms with van der Waals surface area (Å²) >= 11 is 0. The van der Waals surface area contributed by atoms with Crippen molar-refractivity contribution < 1.29 is 0 Å². The third-order valence-electron chi connectivity index (χ3n) is 1.18. The minimum absolute atomic E-state index is 0.458. The van der Waals surface area contributed by atoms with Crippen LogP contribution in [0.3, 0.4) is 0 Å². The van der Waals surface area contributed by atoms with Gasteiger partial charge in [-0.2, -0.15) is 0 Å². The summed E-state index contributed by atoms with van der Waals surface area (Å²) in [5.74, 6) is 0. The zero-order valence-corrected chi connectivity index (χ0v) is 6.05. The number of hydrogen-bond donors (Lipinski definition) is 0. The maximum absolute atomic E-state index is 3.89. The summed E-state index contributed by atoms with van der Waals surface area (Å²) in [6.07, 6.45) is 1.92. The molecule has 0 spiro atoms. The van der Waals surface area contributed by atoms with Crippen molar-refractivity contribution in [1.29, 1.82) is 0 Å². The molecule has 0 aliphatic heterocycles. The Morgan fingerprint density at radius 2 is 2.00 bits per heavy atom. The van der Waals surface area contributed by atoms with Gasteiger partial charge in [-0.3, -0.25) is 4.99 Å². The molecule has 48 valence electrons. The molecule has 1 atom stereocenters. The molecule has 0 fully saturated rings. The van der Waals surface area contributed by atoms with Crippen LogP contribution in [0.15, 0.2) is 4.99 Å². The molecule has 0 N–H and O–H groups in total. The molecule has 0 bridgehead atoms. The van der Waals surface area contributed by atoms with Crippen LogP contribution in [0.1, 0.15) is 6.92 Å². The molecule has 0 aliphatic rings. The molecule has 0 saturated heterocycles. The molecule has 8 heavy (non-hydrogen) atoms. The van der Waals surface area contributed by atoms with Crippen molar-refractivity contribution in [3.05, 3.63) is 0 Å². The molecule has 2 heteroatoms. The quantitative estimate of drug-likeness (QED) is 0.481. The second-order valence-electron chi connectivity index (χ2n) is 2.11. The maximum Gasteiger partial charge on any atom is 0.0412 e. The average Bonchev–Trinajstić information content (AvgIpc) is 1.67. The Bertz CT molecular complexity index is 76.6. The van der Waals surface area contributed by atoms with Crippen LogP contribution >= 0.6 is 0 Å². The van der Waals surface area contributed by atoms with Crippen LogP contribution in [0.5, 0.6) is 0 Å². The highest BCUT2D eigenvalue weighted by atomic mass is 15.1. The first-order valence-corrected chi connectivity index (χ1v) is 2.77. The first-order chi connectivity index (χ1) is 3.68. The Labute approximate surface area is 51.2 Å². The van der Waals surface area contributed by atoms with E-state index in [-0.39, 0.29) is 0 Å². The van der Waals surface area contributed by atoms with Crippen molar-refractivity contribution in [2.24, 2.45) is 4.99 Å². The molecule has 0 saturated carbocycles. The van der Waals surface area contributed by atoms with E-state index < -0.39 is 0 Å². The Kier molecular flexibility index (Phi) is 3.44. The lowest BCUT2D eigenvalue weighted by Crippen LogP contribution is -2.25. The Hall–Kier alpha value is -0.370. The lowest BCUT2D eigenvalue weighted by Gasteiger charge is -2.13. The fourth-order valence-electron chi connectivity index (χ4n) is 0.349. The van der Waals surface area contributed by atoms with Crippen LogP contribution in [0, 0.1) is 0 Å². The Morgan fingerprint density at radius 1 is 1.50 bits per heavy atom. The highest BCUT2D eigenvalue weighted by Crippen LogP contribution is 1.84. The van der Waals surface area contributed by atoms with Crippen molar-refractivity contribution >= 4 is 6.21 Å². The van der Waals surface area contributed by atoms with Gasteiger partial charge in [-0.05, 0) is 21.0 Å². The number of aliphatic imine (C=N–C) groups is 1. The van der Waals surface area contributed by atoms with E-state index in [1.165, 1.54) is 0 Å². The van der Waals surface area contributed by atoms with Gasteiger partial charge in [-0.15, -0.1) is 0 Å². The van der Waals surface area contributed by atoms with Crippen LogP contribution < -0.4 is 0 Å². The molecule has 0 aromatic rings. The SMILES string of the molecule is C/N=C/C(C)N(C)C. The summed E-state index contributed by atoms with van der Waals surface area (Å²) in [6.45, 7) is 2.10. The molecular weight excluding hydrogens is 100 g/mol. The van der Waals surface area contributed by atoms with E-state index in [0.717, 1.165) is 0 Å². The predicted octanol–water partition coefficient (Wildman–Crippen LogP) is 0.637. The van der Waals surface area contributed by atoms with Gasteiger partial charge in [0.2, 0.25) is 0 Å². The number of rotatable bonds is 2. The Morgan fingerprint density at radius 3 is 2.12 bits per heavy atom. The molecule has 0 aromatic carbocycles. The lowest BCUT2D eigenvalue weighted by atomic mass is 10.3. The van der Waals surface area contributed by atoms with Gasteiger partial charge in [-0.25, -0.2) is 0 Å². The summed E-state index contributed by atoms with van der Waals surface area (Å²) in [5.41, 5.74) is 0. The van der Waals surface area contributed by atoms with E-state index >= 15 is 0 Å². The summed E-state index contributed by atoms with van der Waals surface area (Å²) in [4.78, 5) is 5.99. The van der Waals surface area contributed by atoms with Crippen LogP contribution in [-0.2, 0) is 0 Å². The van der Waals surface area contributed by atoms with Gasteiger partial charge >= 0.3 is 0 Å². The van der Waals surface area contributed by atoms with Crippen molar-refractivity contribution in [2.75, 3.05) is 21.1 Å². The third-order valence-corrected chi connectivity index (χ3v) is 1.18. The zero-order valence-electron chi connectivity index (χ0n) is 6.05. The average molecular weight is 114 g/mol. The zero-order chi connectivity index (χ0) is 6.57. The molecule has 0 radical (unpaired) electrons. The number of nitrogens with zero attached hydrogens (tertiary/aromatic N) is 2. The van der Waals surface area contributed by atoms with Crippen molar-refractivity contribution in [3.8, 4) is 0 Å². The van der Waals surface area contributed by atoms with E-state index in [0.29, 0.717) is 6.04 Å². The predicted molar refractivity (Wildman–Crippen MR) is 37.6 cm³/mol. The molecule has 0 heterocycles. The van der Waals surface area contributed by atoms with Gasteiger partial charge < -0.3 is 4.90 Å². The van der Waals surface area contributed by atoms with Crippen molar-refractivity contribution in [2.45, 2.75) is 13.0 Å². The van der Waals surface area contributed by atoms with Crippen LogP contribution in [0.25, 0.3) is 0 Å². The minimum atomic E-state index is 0.458. The largest absolute Gasteiger partial charge is 0.302 e. The van der Waals surface area contributed by atoms with Gasteiger partial charge in [0.15, 0.2) is 0 Å². The van der Waals surface area contributed by atoms with E-state index in [9.17, 15) is 0 Å². The second kappa shape index (κ2) is 3.61. The third kappa shape index (κ3) is 2.75. The summed E-state index contributed by atoms with van der Waals surface area (Å²) in [7, 11) is 5.86. The smallest absolute Gasteiger partial charge is 0.0412 e. The van der Waals surface area contributed by atoms with Gasteiger partial charge in [0, 0.05) is 19.3 Å². The monoisotopic (exact) mass is 114 g/mol. The van der Waals surface area contributed by atoms with Gasteiger partial charge in [0.1, 0.15) is 0 Å². The molecule has 0 aliphatic carbocycles. The van der Waals surface area contributed by atoms with Crippen molar-refractivity contribution in [1.82, 2.24) is 4.90 Å². The summed E-state index contributed by atoms with van der Waals surface area (Å²) < 4.78 is 0. The van der Waals surface area contributed by atoms with Crippen LogP contribution in [0.2, 0.25) is 0 Å². The highest BCUT2D eigenvalue weighted by Gasteiger charge is 1.96. The highest BCUT2D eigenvalue weighted by molar-refractivity contribution is 5.63. The van der Waals surface area contributed by atoms with Gasteiger partial charge in [0.25, 0.3) is 0 Å². The molecule has 0 aromatic heterocycles. The summed E-state index contributed by atoms with van der Waals surface area (Å²) in [5, 5.41) is 0. The number of hydrogen-bond acceptors (Lipinski definition) is 2. The normalized spacial score (nSPS) is 15.6. The van der Waals surface area contributed by atoms with E-state index in [1.54, 1.807) is 7.05 Å². The standard InChI is InChI=1S/C6H14N2/c1-6(5-7-2)8(3)4/h5-6H,1-4H3/b7-5+. The first kappa shape index (κ1) is 7.63. The van der Waals surface area contributed by atoms with E-state index in [4.69, 9.17) is 0 Å². The van der Waals surface area contributed by atoms with E-state index in [2.05, 4.69) is 16.8 Å². The minimum Gasteiger partial charge on any atom is -0.302 e. The van der Waals surface area contributed by atoms with E-state index in [1.807, 2.05) is 20.3 Å². The second-order valence-corrected chi connectivity index (χ2v) is 2.11. The molecule has 1 unspecified atom stereocenters. The Balaban J connectivity index is 3.47. The lowest BCUT2D eigenvalue weighted by molar-refractivity contribution is 0.386. The molecule has 0 rings (SSSR count). The fraction of sp³-hybridized carbons (Fsp3) is 0.833. The molecular formula is C6H14N2. The molecule has 2 nitrogen and oxygen atoms in total. The fourth-order valence-corrected chi connectivity index (χ4v) is 0.349. The topological polar surface area (TPSA) is 15.6 Å². The van der Waals surface area contributed by atoms with Gasteiger partial charge in [0.05, 0.1) is 0 Å².